The van der Waals surface area contributed by atoms with Gasteiger partial charge in [0.2, 0.25) is 6.79 Å². The van der Waals surface area contributed by atoms with Gasteiger partial charge < -0.3 is 14.8 Å². The quantitative estimate of drug-likeness (QED) is 0.855. The molecule has 6 heteroatoms. The van der Waals surface area contributed by atoms with Crippen LogP contribution in [0.1, 0.15) is 15.9 Å². The highest BCUT2D eigenvalue weighted by molar-refractivity contribution is 9.10. The second kappa shape index (κ2) is 5.58. The Balaban J connectivity index is 1.87. The van der Waals surface area contributed by atoms with Gasteiger partial charge in [-0.25, -0.2) is 0 Å². The first-order valence-electron chi connectivity index (χ1n) is 6.21. The first-order chi connectivity index (χ1) is 10.0. The number of halogens is 2. The van der Waals surface area contributed by atoms with Gasteiger partial charge in [-0.1, -0.05) is 17.7 Å². The van der Waals surface area contributed by atoms with Gasteiger partial charge in [0.25, 0.3) is 5.91 Å². The Bertz CT molecular complexity index is 733. The summed E-state index contributed by atoms with van der Waals surface area (Å²) in [7, 11) is 0. The molecular formula is C15H11BrClNO3. The van der Waals surface area contributed by atoms with Gasteiger partial charge in [-0.05, 0) is 52.7 Å². The zero-order valence-electron chi connectivity index (χ0n) is 11.1. The summed E-state index contributed by atoms with van der Waals surface area (Å²) in [5.41, 5.74) is 2.21. The number of benzene rings is 2. The number of amides is 1. The minimum Gasteiger partial charge on any atom is -0.454 e. The van der Waals surface area contributed by atoms with Crippen molar-refractivity contribution < 1.29 is 14.3 Å². The van der Waals surface area contributed by atoms with Crippen LogP contribution in [0, 0.1) is 6.92 Å². The van der Waals surface area contributed by atoms with E-state index in [0.29, 0.717) is 27.8 Å². The van der Waals surface area contributed by atoms with E-state index in [2.05, 4.69) is 21.2 Å². The molecule has 2 aromatic carbocycles. The number of carbonyl (C=O) groups is 1. The average Bonchev–Trinajstić information content (AvgIpc) is 2.90. The van der Waals surface area contributed by atoms with Crippen molar-refractivity contribution in [1.29, 1.82) is 0 Å². The fraction of sp³-hybridized carbons (Fsp3) is 0.133. The molecule has 0 saturated carbocycles. The number of rotatable bonds is 2. The van der Waals surface area contributed by atoms with E-state index in [1.807, 2.05) is 25.1 Å². The molecule has 2 aromatic rings. The second-order valence-electron chi connectivity index (χ2n) is 4.63. The predicted molar refractivity (Wildman–Crippen MR) is 84.4 cm³/mol. The van der Waals surface area contributed by atoms with Gasteiger partial charge in [0.15, 0.2) is 11.5 Å². The second-order valence-corrected chi connectivity index (χ2v) is 5.89. The van der Waals surface area contributed by atoms with Crippen LogP contribution in [0.5, 0.6) is 11.5 Å². The van der Waals surface area contributed by atoms with Crippen LogP contribution in [0.25, 0.3) is 0 Å². The molecule has 0 aromatic heterocycles. The topological polar surface area (TPSA) is 47.6 Å². The Morgan fingerprint density at radius 1 is 1.29 bits per heavy atom. The van der Waals surface area contributed by atoms with E-state index in [4.69, 9.17) is 21.1 Å². The molecule has 1 heterocycles. The SMILES string of the molecule is Cc1ccc(NC(=O)c2cc(Cl)c3c(c2)OCO3)c(Br)c1. The lowest BCUT2D eigenvalue weighted by atomic mass is 10.1. The van der Waals surface area contributed by atoms with Gasteiger partial charge in [-0.15, -0.1) is 0 Å². The minimum absolute atomic E-state index is 0.115. The number of anilines is 1. The fourth-order valence-corrected chi connectivity index (χ4v) is 2.87. The maximum absolute atomic E-state index is 12.3. The highest BCUT2D eigenvalue weighted by Crippen LogP contribution is 2.40. The van der Waals surface area contributed by atoms with E-state index in [-0.39, 0.29) is 12.7 Å². The zero-order valence-corrected chi connectivity index (χ0v) is 13.4. The molecule has 0 saturated heterocycles. The molecule has 21 heavy (non-hydrogen) atoms. The van der Waals surface area contributed by atoms with Gasteiger partial charge >= 0.3 is 0 Å². The van der Waals surface area contributed by atoms with Crippen LogP contribution in [0.2, 0.25) is 5.02 Å². The number of nitrogens with one attached hydrogen (secondary N) is 1. The maximum Gasteiger partial charge on any atom is 0.255 e. The van der Waals surface area contributed by atoms with Crippen molar-refractivity contribution in [2.75, 3.05) is 12.1 Å². The van der Waals surface area contributed by atoms with Crippen LogP contribution in [0.4, 0.5) is 5.69 Å². The average molecular weight is 369 g/mol. The molecular weight excluding hydrogens is 358 g/mol. The van der Waals surface area contributed by atoms with E-state index in [0.717, 1.165) is 10.0 Å². The summed E-state index contributed by atoms with van der Waals surface area (Å²) in [6.07, 6.45) is 0. The summed E-state index contributed by atoms with van der Waals surface area (Å²) in [6, 6.07) is 8.87. The normalized spacial score (nSPS) is 12.3. The molecule has 0 fully saturated rings. The summed E-state index contributed by atoms with van der Waals surface area (Å²) < 4.78 is 11.3. The fourth-order valence-electron chi connectivity index (χ4n) is 2.01. The maximum atomic E-state index is 12.3. The Morgan fingerprint density at radius 3 is 2.86 bits per heavy atom. The van der Waals surface area contributed by atoms with Gasteiger partial charge in [0, 0.05) is 10.0 Å². The molecule has 0 spiro atoms. The Kier molecular flexibility index (Phi) is 3.78. The van der Waals surface area contributed by atoms with Crippen LogP contribution in [-0.4, -0.2) is 12.7 Å². The van der Waals surface area contributed by atoms with Crippen molar-refractivity contribution in [3.05, 3.63) is 51.0 Å². The largest absolute Gasteiger partial charge is 0.454 e. The lowest BCUT2D eigenvalue weighted by molar-refractivity contribution is 0.102. The standard InChI is InChI=1S/C15H11BrClNO3/c1-8-2-3-12(10(16)4-8)18-15(19)9-5-11(17)14-13(6-9)20-7-21-14/h2-6H,7H2,1H3,(H,18,19). The van der Waals surface area contributed by atoms with Crippen LogP contribution in [-0.2, 0) is 0 Å². The lowest BCUT2D eigenvalue weighted by Gasteiger charge is -2.09. The number of aryl methyl sites for hydroxylation is 1. The molecule has 1 amide bonds. The summed E-state index contributed by atoms with van der Waals surface area (Å²) in [5.74, 6) is 0.695. The van der Waals surface area contributed by atoms with Crippen LogP contribution < -0.4 is 14.8 Å². The highest BCUT2D eigenvalue weighted by Gasteiger charge is 2.21. The van der Waals surface area contributed by atoms with Crippen molar-refractivity contribution in [2.45, 2.75) is 6.92 Å². The Labute approximate surface area is 135 Å². The molecule has 0 bridgehead atoms. The zero-order chi connectivity index (χ0) is 15.0. The monoisotopic (exact) mass is 367 g/mol. The Morgan fingerprint density at radius 2 is 2.10 bits per heavy atom. The summed E-state index contributed by atoms with van der Waals surface area (Å²) in [6.45, 7) is 2.09. The third kappa shape index (κ3) is 2.84. The lowest BCUT2D eigenvalue weighted by Crippen LogP contribution is -2.12. The molecule has 0 radical (unpaired) electrons. The van der Waals surface area contributed by atoms with E-state index in [1.165, 1.54) is 0 Å². The molecule has 4 nitrogen and oxygen atoms in total. The predicted octanol–water partition coefficient (Wildman–Crippen LogP) is 4.39. The van der Waals surface area contributed by atoms with Crippen molar-refractivity contribution in [1.82, 2.24) is 0 Å². The molecule has 0 aliphatic carbocycles. The molecule has 3 rings (SSSR count). The molecule has 0 atom stereocenters. The molecule has 108 valence electrons. The molecule has 1 aliphatic heterocycles. The Hall–Kier alpha value is -1.72. The van der Waals surface area contributed by atoms with Crippen LogP contribution in [0.3, 0.4) is 0 Å². The van der Waals surface area contributed by atoms with Gasteiger partial charge in [0.05, 0.1) is 10.7 Å². The third-order valence-electron chi connectivity index (χ3n) is 3.06. The van der Waals surface area contributed by atoms with Crippen LogP contribution >= 0.6 is 27.5 Å². The number of carbonyl (C=O) groups excluding carboxylic acids is 1. The minimum atomic E-state index is -0.264. The van der Waals surface area contributed by atoms with Crippen molar-refractivity contribution in [3.8, 4) is 11.5 Å². The summed E-state index contributed by atoms with van der Waals surface area (Å²) in [4.78, 5) is 12.3. The van der Waals surface area contributed by atoms with Crippen LogP contribution in [0.15, 0.2) is 34.8 Å². The highest BCUT2D eigenvalue weighted by atomic mass is 79.9. The van der Waals surface area contributed by atoms with E-state index < -0.39 is 0 Å². The van der Waals surface area contributed by atoms with Crippen molar-refractivity contribution >= 4 is 39.1 Å². The first kappa shape index (κ1) is 14.2. The third-order valence-corrected chi connectivity index (χ3v) is 4.00. The van der Waals surface area contributed by atoms with E-state index in [1.54, 1.807) is 12.1 Å². The smallest absolute Gasteiger partial charge is 0.255 e. The van der Waals surface area contributed by atoms with E-state index >= 15 is 0 Å². The van der Waals surface area contributed by atoms with Crippen molar-refractivity contribution in [2.24, 2.45) is 0 Å². The molecule has 1 N–H and O–H groups in total. The first-order valence-corrected chi connectivity index (χ1v) is 7.38. The summed E-state index contributed by atoms with van der Waals surface area (Å²) in [5, 5.41) is 3.19. The number of hydrogen-bond donors (Lipinski definition) is 1. The van der Waals surface area contributed by atoms with Gasteiger partial charge in [-0.2, -0.15) is 0 Å². The summed E-state index contributed by atoms with van der Waals surface area (Å²) >= 11 is 9.51. The molecule has 1 aliphatic rings. The number of ether oxygens (including phenoxy) is 2. The van der Waals surface area contributed by atoms with E-state index in [9.17, 15) is 4.79 Å². The number of hydrogen-bond acceptors (Lipinski definition) is 3. The van der Waals surface area contributed by atoms with Crippen molar-refractivity contribution in [3.63, 3.8) is 0 Å². The number of fused-ring (bicyclic) bond motifs is 1. The van der Waals surface area contributed by atoms with Gasteiger partial charge in [-0.3, -0.25) is 4.79 Å². The van der Waals surface area contributed by atoms with Gasteiger partial charge in [0.1, 0.15) is 0 Å². The molecule has 0 unspecified atom stereocenters.